The van der Waals surface area contributed by atoms with Crippen molar-refractivity contribution < 1.29 is 0 Å². The fraction of sp³-hybridized carbons (Fsp3) is 0.118. The van der Waals surface area contributed by atoms with Crippen molar-refractivity contribution in [3.8, 4) is 21.6 Å². The first-order valence-corrected chi connectivity index (χ1v) is 19.7. The SMILES string of the molecule is Cc1cccc2cc3c(/C=N\c4ccc5c(c4)-c4ccccc4C54C5=C(CCC=C5)c5ccccc54)c(-c4ccc(C5=CCCC=C5)cc4)sc3cc12. The largest absolute Gasteiger partial charge is 0.256 e. The van der Waals surface area contributed by atoms with Crippen molar-refractivity contribution in [1.29, 1.82) is 0 Å². The van der Waals surface area contributed by atoms with Crippen molar-refractivity contribution in [2.24, 2.45) is 4.99 Å². The maximum Gasteiger partial charge on any atom is 0.0722 e. The van der Waals surface area contributed by atoms with Gasteiger partial charge >= 0.3 is 0 Å². The van der Waals surface area contributed by atoms with Gasteiger partial charge in [0.25, 0.3) is 0 Å². The number of hydrogen-bond donors (Lipinski definition) is 0. The van der Waals surface area contributed by atoms with E-state index in [0.29, 0.717) is 0 Å². The molecule has 7 aromatic rings. The maximum atomic E-state index is 5.30. The first kappa shape index (κ1) is 30.8. The minimum Gasteiger partial charge on any atom is -0.256 e. The normalized spacial score (nSPS) is 18.2. The molecule has 1 unspecified atom stereocenters. The van der Waals surface area contributed by atoms with Crippen molar-refractivity contribution >= 4 is 55.2 Å². The quantitative estimate of drug-likeness (QED) is 0.163. The van der Waals surface area contributed by atoms with Gasteiger partial charge < -0.3 is 0 Å². The Kier molecular flexibility index (Phi) is 6.88. The molecule has 6 aromatic carbocycles. The fourth-order valence-corrected chi connectivity index (χ4v) is 10.8. The van der Waals surface area contributed by atoms with Gasteiger partial charge in [-0.15, -0.1) is 11.3 Å². The molecule has 2 heteroatoms. The third-order valence-electron chi connectivity index (χ3n) is 12.0. The van der Waals surface area contributed by atoms with Gasteiger partial charge in [0.15, 0.2) is 0 Å². The van der Waals surface area contributed by atoms with E-state index in [2.05, 4.69) is 165 Å². The summed E-state index contributed by atoms with van der Waals surface area (Å²) >= 11 is 1.87. The number of hydrogen-bond acceptors (Lipinski definition) is 2. The smallest absolute Gasteiger partial charge is 0.0722 e. The lowest BCUT2D eigenvalue weighted by Gasteiger charge is -2.32. The Hall–Kier alpha value is -5.83. The van der Waals surface area contributed by atoms with E-state index in [1.165, 1.54) is 98.1 Å². The molecular formula is C51H37NS. The lowest BCUT2D eigenvalue weighted by molar-refractivity contribution is 0.780. The van der Waals surface area contributed by atoms with Crippen LogP contribution in [0.4, 0.5) is 5.69 Å². The van der Waals surface area contributed by atoms with Gasteiger partial charge in [-0.25, -0.2) is 0 Å². The summed E-state index contributed by atoms with van der Waals surface area (Å²) in [7, 11) is 0. The van der Waals surface area contributed by atoms with Crippen LogP contribution in [0.3, 0.4) is 0 Å². The Morgan fingerprint density at radius 1 is 0.642 bits per heavy atom. The van der Waals surface area contributed by atoms with E-state index in [4.69, 9.17) is 4.99 Å². The molecule has 11 rings (SSSR count). The van der Waals surface area contributed by atoms with Crippen LogP contribution < -0.4 is 0 Å². The van der Waals surface area contributed by atoms with Crippen LogP contribution in [0.2, 0.25) is 0 Å². The van der Waals surface area contributed by atoms with Gasteiger partial charge in [-0.3, -0.25) is 4.99 Å². The second-order valence-electron chi connectivity index (χ2n) is 14.9. The second-order valence-corrected chi connectivity index (χ2v) is 15.9. The van der Waals surface area contributed by atoms with Gasteiger partial charge in [0.2, 0.25) is 0 Å². The molecule has 1 atom stereocenters. The molecule has 0 saturated heterocycles. The third kappa shape index (κ3) is 4.52. The molecule has 53 heavy (non-hydrogen) atoms. The zero-order valence-electron chi connectivity index (χ0n) is 29.7. The first-order valence-electron chi connectivity index (χ1n) is 18.9. The summed E-state index contributed by atoms with van der Waals surface area (Å²) in [5.74, 6) is 0. The molecule has 1 spiro atoms. The standard InChI is InChI=1S/C51H37NS/c1-32-12-11-15-36-28-43-44(50(53-49(43)30-41(32)36)35-24-22-34(23-25-35)33-13-3-2-4-14-33)31-52-37-26-27-48-42(29-37)40-18-7-10-21-47(40)51(48)45-19-8-5-16-38(45)39-17-6-9-20-46(39)51/h3,5,7-16,18-31H,2,4,6,17H2,1H3/b52-31-. The van der Waals surface area contributed by atoms with Crippen molar-refractivity contribution in [3.05, 3.63) is 196 Å². The molecule has 0 fully saturated rings. The van der Waals surface area contributed by atoms with E-state index in [-0.39, 0.29) is 5.41 Å². The number of allylic oxidation sites excluding steroid dienone is 8. The number of aryl methyl sites for hydroxylation is 1. The highest BCUT2D eigenvalue weighted by Crippen LogP contribution is 2.63. The Morgan fingerprint density at radius 2 is 1.42 bits per heavy atom. The highest BCUT2D eigenvalue weighted by atomic mass is 32.1. The summed E-state index contributed by atoms with van der Waals surface area (Å²) in [5, 5.41) is 3.84. The predicted molar refractivity (Wildman–Crippen MR) is 227 cm³/mol. The maximum absolute atomic E-state index is 5.30. The van der Waals surface area contributed by atoms with Crippen LogP contribution in [0.25, 0.3) is 53.6 Å². The van der Waals surface area contributed by atoms with E-state index in [1.54, 1.807) is 0 Å². The Balaban J connectivity index is 1.06. The van der Waals surface area contributed by atoms with E-state index in [9.17, 15) is 0 Å². The first-order chi connectivity index (χ1) is 26.2. The molecule has 4 aliphatic carbocycles. The van der Waals surface area contributed by atoms with E-state index >= 15 is 0 Å². The number of aliphatic imine (C=N–C) groups is 1. The van der Waals surface area contributed by atoms with Crippen LogP contribution in [0.15, 0.2) is 162 Å². The van der Waals surface area contributed by atoms with Gasteiger partial charge in [0, 0.05) is 26.7 Å². The van der Waals surface area contributed by atoms with Crippen LogP contribution in [-0.4, -0.2) is 6.21 Å². The zero-order chi connectivity index (χ0) is 35.1. The van der Waals surface area contributed by atoms with Gasteiger partial charge in [-0.05, 0) is 134 Å². The minimum absolute atomic E-state index is 0.289. The molecule has 1 aromatic heterocycles. The highest BCUT2D eigenvalue weighted by Gasteiger charge is 2.52. The van der Waals surface area contributed by atoms with Crippen molar-refractivity contribution in [2.45, 2.75) is 38.0 Å². The van der Waals surface area contributed by atoms with Crippen LogP contribution >= 0.6 is 11.3 Å². The molecule has 1 nitrogen and oxygen atoms in total. The average molecular weight is 696 g/mol. The Bertz CT molecular complexity index is 2830. The van der Waals surface area contributed by atoms with E-state index < -0.39 is 0 Å². The third-order valence-corrected chi connectivity index (χ3v) is 13.2. The lowest BCUT2D eigenvalue weighted by Crippen LogP contribution is -2.26. The topological polar surface area (TPSA) is 12.4 Å². The average Bonchev–Trinajstić information content (AvgIpc) is 3.83. The summed E-state index contributed by atoms with van der Waals surface area (Å²) in [5.41, 5.74) is 18.1. The fourth-order valence-electron chi connectivity index (χ4n) is 9.61. The predicted octanol–water partition coefficient (Wildman–Crippen LogP) is 13.9. The summed E-state index contributed by atoms with van der Waals surface area (Å²) in [6.45, 7) is 2.21. The monoisotopic (exact) mass is 695 g/mol. The molecule has 1 heterocycles. The number of benzene rings is 6. The zero-order valence-corrected chi connectivity index (χ0v) is 30.5. The Labute approximate surface area is 314 Å². The summed E-state index contributed by atoms with van der Waals surface area (Å²) in [6.07, 6.45) is 18.2. The van der Waals surface area contributed by atoms with E-state index in [0.717, 1.165) is 31.4 Å². The number of fused-ring (bicyclic) bond motifs is 11. The Morgan fingerprint density at radius 3 is 2.26 bits per heavy atom. The molecule has 252 valence electrons. The number of thiophene rings is 1. The summed E-state index contributed by atoms with van der Waals surface area (Å²) < 4.78 is 1.29. The lowest BCUT2D eigenvalue weighted by atomic mass is 9.69. The molecule has 0 bridgehead atoms. The van der Waals surface area contributed by atoms with Crippen LogP contribution in [0, 0.1) is 6.92 Å². The molecule has 0 saturated carbocycles. The van der Waals surface area contributed by atoms with Gasteiger partial charge in [0.05, 0.1) is 11.1 Å². The molecular weight excluding hydrogens is 659 g/mol. The van der Waals surface area contributed by atoms with Crippen molar-refractivity contribution in [3.63, 3.8) is 0 Å². The van der Waals surface area contributed by atoms with Gasteiger partial charge in [-0.1, -0.05) is 127 Å². The van der Waals surface area contributed by atoms with Crippen LogP contribution in [0.5, 0.6) is 0 Å². The van der Waals surface area contributed by atoms with Crippen molar-refractivity contribution in [2.75, 3.05) is 0 Å². The number of nitrogens with zero attached hydrogens (tertiary/aromatic N) is 1. The summed E-state index contributed by atoms with van der Waals surface area (Å²) in [6, 6.07) is 45.6. The molecule has 0 radical (unpaired) electrons. The van der Waals surface area contributed by atoms with E-state index in [1.807, 2.05) is 11.3 Å². The summed E-state index contributed by atoms with van der Waals surface area (Å²) in [4.78, 5) is 6.56. The van der Waals surface area contributed by atoms with Crippen LogP contribution in [0.1, 0.15) is 64.6 Å². The molecule has 0 amide bonds. The molecule has 0 aliphatic heterocycles. The van der Waals surface area contributed by atoms with Gasteiger partial charge in [0.1, 0.15) is 0 Å². The second kappa shape index (κ2) is 11.8. The molecule has 0 N–H and O–H groups in total. The minimum atomic E-state index is -0.289. The van der Waals surface area contributed by atoms with Gasteiger partial charge in [-0.2, -0.15) is 0 Å². The number of rotatable bonds is 4. The highest BCUT2D eigenvalue weighted by molar-refractivity contribution is 7.22. The van der Waals surface area contributed by atoms with Crippen molar-refractivity contribution in [1.82, 2.24) is 0 Å². The van der Waals surface area contributed by atoms with Crippen LogP contribution in [-0.2, 0) is 5.41 Å². The molecule has 4 aliphatic rings.